The van der Waals surface area contributed by atoms with Crippen molar-refractivity contribution in [3.63, 3.8) is 0 Å². The number of nitrogens with one attached hydrogen (secondary N) is 1. The Morgan fingerprint density at radius 1 is 0.951 bits per heavy atom. The number of amides is 1. The lowest BCUT2D eigenvalue weighted by Crippen LogP contribution is -2.48. The van der Waals surface area contributed by atoms with E-state index in [1.54, 1.807) is 42.5 Å². The molecule has 6 nitrogen and oxygen atoms in total. The predicted molar refractivity (Wildman–Crippen MR) is 154 cm³/mol. The maximum Gasteiger partial charge on any atom is 0.326 e. The number of benzene rings is 4. The monoisotopic (exact) mass is 547 g/mol. The zero-order valence-corrected chi connectivity index (χ0v) is 22.7. The second-order valence-corrected chi connectivity index (χ2v) is 10.6. The van der Waals surface area contributed by atoms with Crippen LogP contribution in [0.2, 0.25) is 0 Å². The van der Waals surface area contributed by atoms with Crippen LogP contribution in [0.4, 0.5) is 4.39 Å². The largest absolute Gasteiger partial charge is 0.459 e. The molecular weight excluding hydrogens is 517 g/mol. The van der Waals surface area contributed by atoms with Gasteiger partial charge in [0.2, 0.25) is 0 Å². The first-order valence-corrected chi connectivity index (χ1v) is 13.5. The summed E-state index contributed by atoms with van der Waals surface area (Å²) >= 11 is 0. The van der Waals surface area contributed by atoms with Crippen molar-refractivity contribution in [2.75, 3.05) is 0 Å². The summed E-state index contributed by atoms with van der Waals surface area (Å²) in [5, 5.41) is 12.9. The molecule has 4 aromatic carbocycles. The Bertz CT molecular complexity index is 1640. The summed E-state index contributed by atoms with van der Waals surface area (Å²) in [6.45, 7) is 1.37. The van der Waals surface area contributed by atoms with Crippen molar-refractivity contribution in [1.82, 2.24) is 5.32 Å². The fourth-order valence-electron chi connectivity index (χ4n) is 5.15. The Hall–Kier alpha value is -4.80. The number of ether oxygens (including phenoxy) is 1. The van der Waals surface area contributed by atoms with Crippen LogP contribution in [-0.4, -0.2) is 17.4 Å². The van der Waals surface area contributed by atoms with Gasteiger partial charge in [0.05, 0.1) is 17.7 Å². The zero-order chi connectivity index (χ0) is 29.0. The van der Waals surface area contributed by atoms with Gasteiger partial charge < -0.3 is 15.8 Å². The van der Waals surface area contributed by atoms with E-state index in [4.69, 9.17) is 10.5 Å². The number of hydrogen-bond donors (Lipinski definition) is 2. The molecule has 1 aliphatic rings. The second kappa shape index (κ2) is 11.7. The van der Waals surface area contributed by atoms with Gasteiger partial charge in [-0.2, -0.15) is 5.26 Å². The van der Waals surface area contributed by atoms with Crippen molar-refractivity contribution in [3.8, 4) is 17.2 Å². The fourth-order valence-corrected chi connectivity index (χ4v) is 5.15. The van der Waals surface area contributed by atoms with E-state index in [0.29, 0.717) is 46.2 Å². The maximum atomic E-state index is 14.8. The highest BCUT2D eigenvalue weighted by molar-refractivity contribution is 5.96. The number of aryl methyl sites for hydroxylation is 1. The molecule has 4 aromatic rings. The highest BCUT2D eigenvalue weighted by Gasteiger charge is 2.32. The van der Waals surface area contributed by atoms with Gasteiger partial charge >= 0.3 is 5.97 Å². The molecule has 7 heteroatoms. The fraction of sp³-hybridized carbons (Fsp3) is 0.206. The van der Waals surface area contributed by atoms with Crippen LogP contribution in [0.5, 0.6) is 0 Å². The molecule has 4 bridgehead atoms. The normalized spacial score (nSPS) is 19.5. The van der Waals surface area contributed by atoms with Crippen molar-refractivity contribution in [1.29, 1.82) is 5.26 Å². The molecule has 206 valence electrons. The summed E-state index contributed by atoms with van der Waals surface area (Å²) < 4.78 is 20.4. The molecule has 5 rings (SSSR count). The number of nitrogens with two attached hydrogens (primary N) is 1. The molecule has 0 saturated heterocycles. The molecule has 0 fully saturated rings. The lowest BCUT2D eigenvalue weighted by molar-refractivity contribution is -0.150. The maximum absolute atomic E-state index is 14.8. The third-order valence-electron chi connectivity index (χ3n) is 7.35. The summed E-state index contributed by atoms with van der Waals surface area (Å²) in [5.74, 6) is -1.44. The highest BCUT2D eigenvalue weighted by Crippen LogP contribution is 2.28. The van der Waals surface area contributed by atoms with Gasteiger partial charge in [0.1, 0.15) is 18.0 Å². The number of hydrogen-bond acceptors (Lipinski definition) is 5. The Kier molecular flexibility index (Phi) is 7.95. The highest BCUT2D eigenvalue weighted by atomic mass is 19.1. The van der Waals surface area contributed by atoms with Crippen LogP contribution in [0.1, 0.15) is 57.6 Å². The van der Waals surface area contributed by atoms with Crippen LogP contribution in [0.25, 0.3) is 11.1 Å². The number of carbonyl (C=O) groups excluding carboxylic acids is 2. The van der Waals surface area contributed by atoms with E-state index in [1.165, 1.54) is 13.0 Å². The van der Waals surface area contributed by atoms with E-state index < -0.39 is 17.3 Å². The number of rotatable bonds is 2. The minimum absolute atomic E-state index is 0.0365. The first-order chi connectivity index (χ1) is 19.7. The molecule has 0 aliphatic carbocycles. The third kappa shape index (κ3) is 6.34. The molecule has 2 unspecified atom stereocenters. The standard InChI is InChI=1S/C34H30FN3O3/c1-34(37)19-28-15-22(11-13-30(28)35)12-14-31(24-7-3-2-4-8-24)38-32(39)27-17-23(21-41-33(34)40)16-26(18-27)29-10-6-5-9-25(29)20-36/h2-11,13,15-18,31H,12,14,19,21,37H2,1H3,(H,38,39). The Morgan fingerprint density at radius 2 is 1.68 bits per heavy atom. The minimum atomic E-state index is -1.48. The topological polar surface area (TPSA) is 105 Å². The molecule has 0 spiro atoms. The SMILES string of the molecule is CC1(N)Cc2cc(ccc2F)CCC(c2ccccc2)NC(=O)c2cc(cc(-c3ccccc3C#N)c2)COC1=O. The van der Waals surface area contributed by atoms with Crippen LogP contribution in [0, 0.1) is 17.1 Å². The molecule has 1 amide bonds. The van der Waals surface area contributed by atoms with Crippen molar-refractivity contribution in [3.05, 3.63) is 130 Å². The average Bonchev–Trinajstić information content (AvgIpc) is 2.99. The summed E-state index contributed by atoms with van der Waals surface area (Å²) in [5.41, 5.74) is 9.69. The van der Waals surface area contributed by atoms with E-state index >= 15 is 0 Å². The molecule has 1 aliphatic heterocycles. The average molecular weight is 548 g/mol. The Morgan fingerprint density at radius 3 is 2.46 bits per heavy atom. The van der Waals surface area contributed by atoms with E-state index in [9.17, 15) is 19.2 Å². The van der Waals surface area contributed by atoms with Crippen molar-refractivity contribution in [2.24, 2.45) is 5.73 Å². The lowest BCUT2D eigenvalue weighted by Gasteiger charge is -2.24. The van der Waals surface area contributed by atoms with Crippen LogP contribution in [0.15, 0.2) is 91.0 Å². The number of esters is 1. The summed E-state index contributed by atoms with van der Waals surface area (Å²) in [4.78, 5) is 26.8. The molecule has 0 saturated carbocycles. The van der Waals surface area contributed by atoms with E-state index in [-0.39, 0.29) is 25.0 Å². The number of carbonyl (C=O) groups is 2. The van der Waals surface area contributed by atoms with Crippen LogP contribution >= 0.6 is 0 Å². The van der Waals surface area contributed by atoms with Gasteiger partial charge in [-0.1, -0.05) is 60.7 Å². The van der Waals surface area contributed by atoms with Crippen LogP contribution in [0.3, 0.4) is 0 Å². The van der Waals surface area contributed by atoms with Gasteiger partial charge in [0.25, 0.3) is 5.91 Å². The third-order valence-corrected chi connectivity index (χ3v) is 7.35. The number of nitriles is 1. The van der Waals surface area contributed by atoms with Gasteiger partial charge in [0, 0.05) is 12.0 Å². The van der Waals surface area contributed by atoms with Gasteiger partial charge in [-0.3, -0.25) is 9.59 Å². The van der Waals surface area contributed by atoms with Gasteiger partial charge in [-0.25, -0.2) is 4.39 Å². The first kappa shape index (κ1) is 27.8. The van der Waals surface area contributed by atoms with Crippen molar-refractivity contribution >= 4 is 11.9 Å². The van der Waals surface area contributed by atoms with Gasteiger partial charge in [-0.15, -0.1) is 0 Å². The first-order valence-electron chi connectivity index (χ1n) is 13.5. The predicted octanol–water partition coefficient (Wildman–Crippen LogP) is 5.78. The van der Waals surface area contributed by atoms with E-state index in [2.05, 4.69) is 11.4 Å². The van der Waals surface area contributed by atoms with Crippen molar-refractivity contribution in [2.45, 2.75) is 44.4 Å². The van der Waals surface area contributed by atoms with Crippen LogP contribution < -0.4 is 11.1 Å². The van der Waals surface area contributed by atoms with Crippen molar-refractivity contribution < 1.29 is 18.7 Å². The van der Waals surface area contributed by atoms with E-state index in [0.717, 1.165) is 11.1 Å². The number of fused-ring (bicyclic) bond motifs is 4. The quantitative estimate of drug-likeness (QED) is 0.309. The molecule has 3 N–H and O–H groups in total. The molecule has 0 aromatic heterocycles. The molecule has 0 radical (unpaired) electrons. The number of nitrogens with zero attached hydrogens (tertiary/aromatic N) is 1. The molecule has 41 heavy (non-hydrogen) atoms. The van der Waals surface area contributed by atoms with Gasteiger partial charge in [-0.05, 0) is 83.5 Å². The van der Waals surface area contributed by atoms with Gasteiger partial charge in [0.15, 0.2) is 0 Å². The summed E-state index contributed by atoms with van der Waals surface area (Å²) in [6, 6.07) is 28.7. The lowest BCUT2D eigenvalue weighted by atomic mass is 9.91. The second-order valence-electron chi connectivity index (χ2n) is 10.6. The minimum Gasteiger partial charge on any atom is -0.459 e. The molecular formula is C34H30FN3O3. The Labute approximate surface area is 238 Å². The number of cyclic esters (lactones) is 1. The zero-order valence-electron chi connectivity index (χ0n) is 22.7. The molecule has 2 atom stereocenters. The van der Waals surface area contributed by atoms with E-state index in [1.807, 2.05) is 42.5 Å². The van der Waals surface area contributed by atoms with Crippen LogP contribution in [-0.2, 0) is 29.0 Å². The molecule has 1 heterocycles. The number of halogens is 1. The Balaban J connectivity index is 1.60. The smallest absolute Gasteiger partial charge is 0.326 e. The summed E-state index contributed by atoms with van der Waals surface area (Å²) in [6.07, 6.45) is 1.08. The summed E-state index contributed by atoms with van der Waals surface area (Å²) in [7, 11) is 0.